The molecule has 4 heteroatoms. The van der Waals surface area contributed by atoms with Gasteiger partial charge in [-0.05, 0) is 34.1 Å². The van der Waals surface area contributed by atoms with Crippen LogP contribution in [0.5, 0.6) is 0 Å². The summed E-state index contributed by atoms with van der Waals surface area (Å²) in [5.41, 5.74) is 0.962. The molecule has 0 saturated heterocycles. The molecule has 0 aliphatic rings. The average molecular weight is 267 g/mol. The fraction of sp³-hybridized carbons (Fsp3) is 0. The van der Waals surface area contributed by atoms with Crippen LogP contribution in [0.25, 0.3) is 11.3 Å². The minimum atomic E-state index is -0.963. The van der Waals surface area contributed by atoms with Gasteiger partial charge in [0.2, 0.25) is 0 Å². The highest BCUT2D eigenvalue weighted by Gasteiger charge is 2.13. The maximum absolute atomic E-state index is 10.9. The zero-order chi connectivity index (χ0) is 10.8. The number of hydrogen-bond donors (Lipinski definition) is 1. The molecule has 15 heavy (non-hydrogen) atoms. The minimum Gasteiger partial charge on any atom is -0.478 e. The van der Waals surface area contributed by atoms with E-state index in [4.69, 9.17) is 9.52 Å². The fourth-order valence-electron chi connectivity index (χ4n) is 1.32. The Morgan fingerprint density at radius 2 is 2.07 bits per heavy atom. The quantitative estimate of drug-likeness (QED) is 0.907. The van der Waals surface area contributed by atoms with Crippen LogP contribution in [0.4, 0.5) is 0 Å². The van der Waals surface area contributed by atoms with Crippen molar-refractivity contribution in [3.8, 4) is 11.3 Å². The van der Waals surface area contributed by atoms with Gasteiger partial charge in [-0.3, -0.25) is 0 Å². The van der Waals surface area contributed by atoms with Crippen LogP contribution < -0.4 is 0 Å². The van der Waals surface area contributed by atoms with E-state index in [-0.39, 0.29) is 5.56 Å². The lowest BCUT2D eigenvalue weighted by molar-refractivity contribution is 0.0696. The molecule has 0 saturated carbocycles. The largest absolute Gasteiger partial charge is 0.478 e. The molecule has 0 aliphatic carbocycles. The van der Waals surface area contributed by atoms with E-state index in [1.165, 1.54) is 0 Å². The van der Waals surface area contributed by atoms with Gasteiger partial charge in [-0.25, -0.2) is 4.79 Å². The summed E-state index contributed by atoms with van der Waals surface area (Å²) in [6.07, 6.45) is 1.55. The number of hydrogen-bond acceptors (Lipinski definition) is 2. The second-order valence-corrected chi connectivity index (χ2v) is 3.74. The Balaban J connectivity index is 2.59. The SMILES string of the molecule is O=C(O)c1cccc(-c2ccco2)c1Br. The minimum absolute atomic E-state index is 0.226. The predicted molar refractivity (Wildman–Crippen MR) is 58.8 cm³/mol. The Morgan fingerprint density at radius 1 is 1.27 bits per heavy atom. The van der Waals surface area contributed by atoms with E-state index in [9.17, 15) is 4.79 Å². The van der Waals surface area contributed by atoms with Crippen LogP contribution in [0.1, 0.15) is 10.4 Å². The Hall–Kier alpha value is -1.55. The van der Waals surface area contributed by atoms with Crippen LogP contribution in [0.3, 0.4) is 0 Å². The summed E-state index contributed by atoms with van der Waals surface area (Å²) in [5.74, 6) is -0.319. The normalized spacial score (nSPS) is 10.2. The lowest BCUT2D eigenvalue weighted by atomic mass is 10.1. The number of furan rings is 1. The van der Waals surface area contributed by atoms with E-state index in [1.807, 2.05) is 0 Å². The van der Waals surface area contributed by atoms with Crippen LogP contribution in [-0.2, 0) is 0 Å². The molecule has 1 N–H and O–H groups in total. The van der Waals surface area contributed by atoms with Gasteiger partial charge in [-0.15, -0.1) is 0 Å². The molecule has 0 aliphatic heterocycles. The second-order valence-electron chi connectivity index (χ2n) is 2.95. The van der Waals surface area contributed by atoms with Crippen LogP contribution in [0, 0.1) is 0 Å². The van der Waals surface area contributed by atoms with Crippen LogP contribution >= 0.6 is 15.9 Å². The maximum Gasteiger partial charge on any atom is 0.336 e. The van der Waals surface area contributed by atoms with Crippen molar-refractivity contribution < 1.29 is 14.3 Å². The van der Waals surface area contributed by atoms with E-state index < -0.39 is 5.97 Å². The molecule has 0 bridgehead atoms. The van der Waals surface area contributed by atoms with Crippen LogP contribution in [0.15, 0.2) is 45.5 Å². The Kier molecular flexibility index (Phi) is 2.60. The highest BCUT2D eigenvalue weighted by atomic mass is 79.9. The summed E-state index contributed by atoms with van der Waals surface area (Å²) in [5, 5.41) is 8.93. The number of halogens is 1. The topological polar surface area (TPSA) is 50.4 Å². The molecule has 0 fully saturated rings. The van der Waals surface area contributed by atoms with Gasteiger partial charge in [0.25, 0.3) is 0 Å². The first-order valence-corrected chi connectivity index (χ1v) is 5.05. The third kappa shape index (κ3) is 1.80. The van der Waals surface area contributed by atoms with Crippen LogP contribution in [-0.4, -0.2) is 11.1 Å². The van der Waals surface area contributed by atoms with Gasteiger partial charge in [0.05, 0.1) is 11.8 Å². The van der Waals surface area contributed by atoms with Gasteiger partial charge in [-0.1, -0.05) is 12.1 Å². The zero-order valence-corrected chi connectivity index (χ0v) is 9.19. The van der Waals surface area contributed by atoms with Crippen molar-refractivity contribution in [2.45, 2.75) is 0 Å². The number of carboxylic acid groups (broad SMARTS) is 1. The number of carboxylic acids is 1. The highest BCUT2D eigenvalue weighted by Crippen LogP contribution is 2.31. The highest BCUT2D eigenvalue weighted by molar-refractivity contribution is 9.10. The summed E-state index contributed by atoms with van der Waals surface area (Å²) in [4.78, 5) is 10.9. The van der Waals surface area contributed by atoms with Crippen molar-refractivity contribution in [2.24, 2.45) is 0 Å². The van der Waals surface area contributed by atoms with Crippen molar-refractivity contribution in [3.63, 3.8) is 0 Å². The van der Waals surface area contributed by atoms with E-state index in [0.29, 0.717) is 10.2 Å². The van der Waals surface area contributed by atoms with Crippen molar-refractivity contribution in [1.82, 2.24) is 0 Å². The third-order valence-electron chi connectivity index (χ3n) is 2.02. The van der Waals surface area contributed by atoms with Gasteiger partial charge in [-0.2, -0.15) is 0 Å². The summed E-state index contributed by atoms with van der Waals surface area (Å²) in [7, 11) is 0. The monoisotopic (exact) mass is 266 g/mol. The molecular formula is C11H7BrO3. The first-order chi connectivity index (χ1) is 7.20. The molecule has 0 unspecified atom stereocenters. The smallest absolute Gasteiger partial charge is 0.336 e. The van der Waals surface area contributed by atoms with Gasteiger partial charge in [0.15, 0.2) is 0 Å². The Morgan fingerprint density at radius 3 is 2.67 bits per heavy atom. The molecule has 2 aromatic rings. The van der Waals surface area contributed by atoms with E-state index in [2.05, 4.69) is 15.9 Å². The summed E-state index contributed by atoms with van der Waals surface area (Å²) in [6.45, 7) is 0. The van der Waals surface area contributed by atoms with E-state index >= 15 is 0 Å². The maximum atomic E-state index is 10.9. The molecule has 0 radical (unpaired) electrons. The first-order valence-electron chi connectivity index (χ1n) is 4.26. The molecule has 0 atom stereocenters. The number of rotatable bonds is 2. The Bertz CT molecular complexity index is 489. The van der Waals surface area contributed by atoms with Crippen LogP contribution in [0.2, 0.25) is 0 Å². The lowest BCUT2D eigenvalue weighted by Crippen LogP contribution is -1.98. The van der Waals surface area contributed by atoms with E-state index in [1.54, 1.807) is 36.6 Å². The number of benzene rings is 1. The average Bonchev–Trinajstić information content (AvgIpc) is 2.70. The second kappa shape index (κ2) is 3.90. The third-order valence-corrected chi connectivity index (χ3v) is 2.87. The molecule has 3 nitrogen and oxygen atoms in total. The predicted octanol–water partition coefficient (Wildman–Crippen LogP) is 3.41. The van der Waals surface area contributed by atoms with Crippen molar-refractivity contribution in [2.75, 3.05) is 0 Å². The van der Waals surface area contributed by atoms with Gasteiger partial charge in [0, 0.05) is 10.0 Å². The molecular weight excluding hydrogens is 260 g/mol. The van der Waals surface area contributed by atoms with Gasteiger partial charge in [0.1, 0.15) is 5.76 Å². The first kappa shape index (κ1) is 9.98. The van der Waals surface area contributed by atoms with Crippen molar-refractivity contribution in [1.29, 1.82) is 0 Å². The molecule has 1 heterocycles. The van der Waals surface area contributed by atoms with Gasteiger partial charge >= 0.3 is 5.97 Å². The number of aromatic carboxylic acids is 1. The van der Waals surface area contributed by atoms with Gasteiger partial charge < -0.3 is 9.52 Å². The molecule has 2 rings (SSSR count). The molecule has 0 amide bonds. The standard InChI is InChI=1S/C11H7BrO3/c12-10-7(9-5-2-6-15-9)3-1-4-8(10)11(13)14/h1-6H,(H,13,14). The summed E-state index contributed by atoms with van der Waals surface area (Å²) >= 11 is 3.26. The zero-order valence-electron chi connectivity index (χ0n) is 7.61. The van der Waals surface area contributed by atoms with E-state index in [0.717, 1.165) is 5.56 Å². The molecule has 1 aromatic carbocycles. The van der Waals surface area contributed by atoms with Crippen molar-refractivity contribution in [3.05, 3.63) is 46.6 Å². The molecule has 76 valence electrons. The fourth-order valence-corrected chi connectivity index (χ4v) is 1.95. The molecule has 0 spiro atoms. The van der Waals surface area contributed by atoms with Crippen molar-refractivity contribution >= 4 is 21.9 Å². The summed E-state index contributed by atoms with van der Waals surface area (Å²) < 4.78 is 5.75. The lowest BCUT2D eigenvalue weighted by Gasteiger charge is -2.03. The molecule has 1 aromatic heterocycles. The Labute approximate surface area is 94.5 Å². The number of carbonyl (C=O) groups is 1. The summed E-state index contributed by atoms with van der Waals surface area (Å²) in [6, 6.07) is 8.57.